The molecule has 5 heterocycles. The van der Waals surface area contributed by atoms with Crippen LogP contribution in [0, 0.1) is 28.1 Å². The van der Waals surface area contributed by atoms with Crippen LogP contribution >= 0.6 is 11.6 Å². The Kier molecular flexibility index (Phi) is 10.7. The van der Waals surface area contributed by atoms with Gasteiger partial charge in [0.25, 0.3) is 17.7 Å². The third-order valence-corrected chi connectivity index (χ3v) is 13.5. The van der Waals surface area contributed by atoms with Crippen molar-refractivity contribution in [1.82, 2.24) is 30.4 Å². The zero-order chi connectivity index (χ0) is 41.8. The molecule has 59 heavy (non-hydrogen) atoms. The number of fused-ring (bicyclic) bond motifs is 1. The Morgan fingerprint density at radius 2 is 1.59 bits per heavy atom. The molecule has 1 aromatic heterocycles. The number of nitrogens with one attached hydrogen (secondary N) is 2. The Balaban J connectivity index is 0.789. The van der Waals surface area contributed by atoms with Crippen LogP contribution in [0.5, 0.6) is 5.75 Å². The van der Waals surface area contributed by atoms with Crippen molar-refractivity contribution in [1.29, 1.82) is 5.26 Å². The van der Waals surface area contributed by atoms with Crippen molar-refractivity contribution < 1.29 is 28.7 Å². The minimum absolute atomic E-state index is 0.0882. The van der Waals surface area contributed by atoms with E-state index in [9.17, 15) is 29.2 Å². The van der Waals surface area contributed by atoms with Crippen LogP contribution in [0.1, 0.15) is 115 Å². The number of rotatable bonds is 9. The van der Waals surface area contributed by atoms with E-state index in [2.05, 4.69) is 64.2 Å². The van der Waals surface area contributed by atoms with Gasteiger partial charge < -0.3 is 19.9 Å². The molecule has 8 rings (SSSR count). The number of nitrogens with zero attached hydrogens (tertiary/aromatic N) is 6. The zero-order valence-corrected chi connectivity index (χ0v) is 34.6. The van der Waals surface area contributed by atoms with Crippen molar-refractivity contribution >= 4 is 46.8 Å². The summed E-state index contributed by atoms with van der Waals surface area (Å²) in [6.07, 6.45) is 7.18. The second kappa shape index (κ2) is 15.7. The molecule has 15 heteroatoms. The molecule has 2 N–H and O–H groups in total. The number of imide groups is 2. The monoisotopic (exact) mass is 820 g/mol. The molecule has 1 saturated carbocycles. The fourth-order valence-electron chi connectivity index (χ4n) is 10.2. The lowest BCUT2D eigenvalue weighted by atomic mass is 9.49. The number of ether oxygens (including phenoxy) is 1. The highest BCUT2D eigenvalue weighted by Crippen LogP contribution is 2.55. The number of hydrogen-bond donors (Lipinski definition) is 2. The second-order valence-corrected chi connectivity index (χ2v) is 18.2. The topological polar surface area (TPSA) is 178 Å². The summed E-state index contributed by atoms with van der Waals surface area (Å²) < 4.78 is 6.36. The van der Waals surface area contributed by atoms with E-state index < -0.39 is 29.7 Å². The molecule has 14 nitrogen and oxygen atoms in total. The molecule has 0 radical (unpaired) electrons. The SMILES string of the molecule is CC1(C)[C@H](NC(=O)c2cnc(C3CCN(CC4CCN(c5ccc6c(c5)C(=O)N(C5CCC(=O)NC5=O)C6=O)CC4)CC3)nc2)C(C)(C)[C@H]1Oc1ccc(C#N)c(Cl)c1. The van der Waals surface area contributed by atoms with Crippen LogP contribution in [0.15, 0.2) is 48.8 Å². The second-order valence-electron chi connectivity index (χ2n) is 17.8. The van der Waals surface area contributed by atoms with E-state index in [-0.39, 0.29) is 47.6 Å². The smallest absolute Gasteiger partial charge is 0.262 e. The largest absolute Gasteiger partial charge is 0.489 e. The number of carbonyl (C=O) groups is 5. The predicted molar refractivity (Wildman–Crippen MR) is 218 cm³/mol. The highest BCUT2D eigenvalue weighted by atomic mass is 35.5. The van der Waals surface area contributed by atoms with Gasteiger partial charge in [-0.05, 0) is 81.4 Å². The average molecular weight is 821 g/mol. The van der Waals surface area contributed by atoms with Crippen LogP contribution in [0.2, 0.25) is 5.02 Å². The van der Waals surface area contributed by atoms with Crippen LogP contribution in [-0.2, 0) is 9.59 Å². The molecule has 308 valence electrons. The summed E-state index contributed by atoms with van der Waals surface area (Å²) in [4.78, 5) is 79.1. The molecule has 0 spiro atoms. The number of amides is 5. The first-order valence-corrected chi connectivity index (χ1v) is 20.9. The maximum atomic E-state index is 13.4. The molecule has 3 saturated heterocycles. The van der Waals surface area contributed by atoms with Gasteiger partial charge in [0.15, 0.2) is 0 Å². The Morgan fingerprint density at radius 3 is 2.24 bits per heavy atom. The molecule has 0 bridgehead atoms. The Morgan fingerprint density at radius 1 is 0.915 bits per heavy atom. The van der Waals surface area contributed by atoms with Crippen LogP contribution < -0.4 is 20.3 Å². The van der Waals surface area contributed by atoms with E-state index in [1.165, 1.54) is 0 Å². The first-order chi connectivity index (χ1) is 28.1. The van der Waals surface area contributed by atoms with Gasteiger partial charge in [-0.1, -0.05) is 39.3 Å². The maximum absolute atomic E-state index is 13.4. The predicted octanol–water partition coefficient (Wildman–Crippen LogP) is 5.11. The number of anilines is 1. The molecule has 5 amide bonds. The van der Waals surface area contributed by atoms with Crippen molar-refractivity contribution in [3.05, 3.63) is 81.9 Å². The summed E-state index contributed by atoms with van der Waals surface area (Å²) in [5, 5.41) is 15.0. The van der Waals surface area contributed by atoms with Gasteiger partial charge in [0.1, 0.15) is 29.8 Å². The van der Waals surface area contributed by atoms with Crippen LogP contribution in [-0.4, -0.2) is 100 Å². The first kappa shape index (κ1) is 40.4. The Labute approximate surface area is 348 Å². The summed E-state index contributed by atoms with van der Waals surface area (Å²) >= 11 is 6.24. The number of piperidine rings is 3. The number of halogens is 1. The van der Waals surface area contributed by atoms with Crippen molar-refractivity contribution in [3.63, 3.8) is 0 Å². The van der Waals surface area contributed by atoms with E-state index in [0.29, 0.717) is 38.9 Å². The molecule has 2 aromatic carbocycles. The molecule has 1 unspecified atom stereocenters. The fourth-order valence-corrected chi connectivity index (χ4v) is 10.5. The lowest BCUT2D eigenvalue weighted by Gasteiger charge is -2.63. The average Bonchev–Trinajstić information content (AvgIpc) is 3.47. The normalized spacial score (nSPS) is 24.6. The first-order valence-electron chi connectivity index (χ1n) is 20.5. The molecular weight excluding hydrogens is 772 g/mol. The van der Waals surface area contributed by atoms with Crippen molar-refractivity contribution in [2.75, 3.05) is 37.6 Å². The van der Waals surface area contributed by atoms with Gasteiger partial charge in [-0.2, -0.15) is 5.26 Å². The highest BCUT2D eigenvalue weighted by molar-refractivity contribution is 6.31. The lowest BCUT2D eigenvalue weighted by molar-refractivity contribution is -0.164. The number of hydrogen-bond acceptors (Lipinski definition) is 11. The van der Waals surface area contributed by atoms with Crippen LogP contribution in [0.25, 0.3) is 0 Å². The van der Waals surface area contributed by atoms with Crippen molar-refractivity contribution in [3.8, 4) is 11.8 Å². The summed E-state index contributed by atoms with van der Waals surface area (Å²) in [6.45, 7) is 12.9. The molecule has 4 fully saturated rings. The van der Waals surface area contributed by atoms with Crippen molar-refractivity contribution in [2.24, 2.45) is 16.7 Å². The van der Waals surface area contributed by atoms with Gasteiger partial charge in [0.05, 0.1) is 27.3 Å². The summed E-state index contributed by atoms with van der Waals surface area (Å²) in [6, 6.07) is 11.3. The van der Waals surface area contributed by atoms with E-state index in [0.717, 1.165) is 74.8 Å². The summed E-state index contributed by atoms with van der Waals surface area (Å²) in [5.74, 6) is -0.0937. The van der Waals surface area contributed by atoms with E-state index in [1.54, 1.807) is 42.7 Å². The Bertz CT molecular complexity index is 2220. The molecule has 1 aliphatic carbocycles. The minimum atomic E-state index is -0.977. The van der Waals surface area contributed by atoms with Gasteiger partial charge in [-0.25, -0.2) is 9.97 Å². The van der Waals surface area contributed by atoms with E-state index in [4.69, 9.17) is 16.3 Å². The number of benzene rings is 2. The standard InChI is InChI=1S/C44H49ClN8O6/c1-43(2)41(44(3,4)42(43)59-30-7-5-27(21-46)33(45)20-30)50-37(55)28-22-47-36(48-23-28)26-13-15-51(16-14-26)24-25-11-17-52(18-12-25)29-6-8-31-32(19-29)40(58)53(39(31)57)34-9-10-35(54)49-38(34)56/h5-8,19-20,22-23,25-26,34,41-42H,9-18,24H2,1-4H3,(H,50,55)(H,49,54,56)/t34?,41-,42-. The number of likely N-dealkylation sites (tertiary alicyclic amines) is 1. The Hall–Kier alpha value is -5.39. The highest BCUT2D eigenvalue weighted by Gasteiger charge is 2.64. The van der Waals surface area contributed by atoms with Gasteiger partial charge in [0.2, 0.25) is 11.8 Å². The van der Waals surface area contributed by atoms with Crippen LogP contribution in [0.3, 0.4) is 0 Å². The zero-order valence-electron chi connectivity index (χ0n) is 33.8. The van der Waals surface area contributed by atoms with Crippen LogP contribution in [0.4, 0.5) is 5.69 Å². The van der Waals surface area contributed by atoms with E-state index >= 15 is 0 Å². The van der Waals surface area contributed by atoms with E-state index in [1.807, 2.05) is 6.07 Å². The third-order valence-electron chi connectivity index (χ3n) is 13.2. The molecule has 5 aliphatic rings. The molecule has 4 aliphatic heterocycles. The molecule has 3 aromatic rings. The molecular formula is C44H49ClN8O6. The van der Waals surface area contributed by atoms with Gasteiger partial charge in [-0.3, -0.25) is 34.2 Å². The number of aromatic nitrogens is 2. The van der Waals surface area contributed by atoms with Crippen molar-refractivity contribution in [2.45, 2.75) is 90.3 Å². The third kappa shape index (κ3) is 7.55. The fraction of sp³-hybridized carbons (Fsp3) is 0.500. The lowest BCUT2D eigenvalue weighted by Crippen LogP contribution is -2.74. The maximum Gasteiger partial charge on any atom is 0.262 e. The van der Waals surface area contributed by atoms with Gasteiger partial charge in [0, 0.05) is 73.0 Å². The quantitative estimate of drug-likeness (QED) is 0.274. The van der Waals surface area contributed by atoms with Gasteiger partial charge >= 0.3 is 0 Å². The summed E-state index contributed by atoms with van der Waals surface area (Å²) in [7, 11) is 0. The minimum Gasteiger partial charge on any atom is -0.489 e. The molecule has 1 atom stereocenters. The summed E-state index contributed by atoms with van der Waals surface area (Å²) in [5.41, 5.74) is 1.52. The van der Waals surface area contributed by atoms with Gasteiger partial charge in [-0.15, -0.1) is 0 Å². The number of carbonyl (C=O) groups excluding carboxylic acids is 5. The number of nitriles is 1.